The summed E-state index contributed by atoms with van der Waals surface area (Å²) in [6.45, 7) is 6.22. The van der Waals surface area contributed by atoms with Crippen LogP contribution >= 0.6 is 0 Å². The molecule has 0 aromatic heterocycles. The SMILES string of the molecule is CC\C=C/C=C\C=C/C=C\C=C/CCCCCC(=O)OC(COC(=O)CCCCC/C=C\C/C=C\C/C=C\C/C=C\CC)COC(=O)CCCCCC/C=C\CCCC. The van der Waals surface area contributed by atoms with Crippen molar-refractivity contribution in [2.75, 3.05) is 13.2 Å². The van der Waals surface area contributed by atoms with Crippen molar-refractivity contribution in [2.24, 2.45) is 0 Å². The number of rotatable bonds is 39. The molecule has 6 nitrogen and oxygen atoms in total. The summed E-state index contributed by atoms with van der Waals surface area (Å²) in [6.07, 6.45) is 63.2. The zero-order chi connectivity index (χ0) is 43.0. The first-order valence-corrected chi connectivity index (χ1v) is 23.1. The van der Waals surface area contributed by atoms with Gasteiger partial charge in [0.15, 0.2) is 6.10 Å². The largest absolute Gasteiger partial charge is 0.462 e. The van der Waals surface area contributed by atoms with Crippen molar-refractivity contribution in [1.29, 1.82) is 0 Å². The number of ether oxygens (including phenoxy) is 3. The second-order valence-corrected chi connectivity index (χ2v) is 14.7. The van der Waals surface area contributed by atoms with Gasteiger partial charge in [-0.15, -0.1) is 0 Å². The van der Waals surface area contributed by atoms with Crippen LogP contribution in [0.25, 0.3) is 0 Å². The summed E-state index contributed by atoms with van der Waals surface area (Å²) in [7, 11) is 0. The summed E-state index contributed by atoms with van der Waals surface area (Å²) in [6, 6.07) is 0. The maximum Gasteiger partial charge on any atom is 0.306 e. The molecule has 0 heterocycles. The average molecular weight is 815 g/mol. The Kier molecular flexibility index (Phi) is 43.2. The van der Waals surface area contributed by atoms with Gasteiger partial charge < -0.3 is 14.2 Å². The van der Waals surface area contributed by atoms with Crippen LogP contribution in [0.1, 0.15) is 175 Å². The molecule has 0 rings (SSSR count). The maximum absolute atomic E-state index is 12.7. The third-order valence-electron chi connectivity index (χ3n) is 9.06. The van der Waals surface area contributed by atoms with Gasteiger partial charge in [-0.25, -0.2) is 0 Å². The highest BCUT2D eigenvalue weighted by molar-refractivity contribution is 5.71. The van der Waals surface area contributed by atoms with E-state index in [1.165, 1.54) is 12.8 Å². The van der Waals surface area contributed by atoms with Crippen LogP contribution in [0, 0.1) is 0 Å². The number of carbonyl (C=O) groups is 3. The molecule has 59 heavy (non-hydrogen) atoms. The minimum absolute atomic E-state index is 0.116. The molecule has 6 heteroatoms. The van der Waals surface area contributed by atoms with Crippen LogP contribution in [0.4, 0.5) is 0 Å². The molecule has 0 spiro atoms. The van der Waals surface area contributed by atoms with E-state index < -0.39 is 6.10 Å². The Balaban J connectivity index is 4.56. The number of allylic oxidation sites excluding steroid dienone is 20. The molecule has 330 valence electrons. The van der Waals surface area contributed by atoms with E-state index in [0.717, 1.165) is 116 Å². The Morgan fingerprint density at radius 3 is 1.25 bits per heavy atom. The monoisotopic (exact) mass is 815 g/mol. The molecule has 0 aliphatic rings. The minimum atomic E-state index is -0.819. The van der Waals surface area contributed by atoms with E-state index >= 15 is 0 Å². The lowest BCUT2D eigenvalue weighted by atomic mass is 10.1. The first-order valence-electron chi connectivity index (χ1n) is 23.1. The third-order valence-corrected chi connectivity index (χ3v) is 9.06. The highest BCUT2D eigenvalue weighted by Crippen LogP contribution is 2.11. The van der Waals surface area contributed by atoms with Crippen molar-refractivity contribution < 1.29 is 28.6 Å². The number of hydrogen-bond donors (Lipinski definition) is 0. The van der Waals surface area contributed by atoms with E-state index in [9.17, 15) is 14.4 Å². The molecule has 0 saturated heterocycles. The van der Waals surface area contributed by atoms with Crippen molar-refractivity contribution in [3.05, 3.63) is 122 Å². The van der Waals surface area contributed by atoms with E-state index in [-0.39, 0.29) is 37.5 Å². The van der Waals surface area contributed by atoms with Crippen LogP contribution in [0.5, 0.6) is 0 Å². The summed E-state index contributed by atoms with van der Waals surface area (Å²) in [4.78, 5) is 37.8. The Labute approximate surface area is 361 Å². The predicted molar refractivity (Wildman–Crippen MR) is 251 cm³/mol. The first-order chi connectivity index (χ1) is 29.0. The quantitative estimate of drug-likeness (QED) is 0.0202. The van der Waals surface area contributed by atoms with Gasteiger partial charge in [0.05, 0.1) is 0 Å². The average Bonchev–Trinajstić information content (AvgIpc) is 3.23. The number of esters is 3. The predicted octanol–water partition coefficient (Wildman–Crippen LogP) is 15.0. The molecular weight excluding hydrogens is 733 g/mol. The second kappa shape index (κ2) is 46.5. The topological polar surface area (TPSA) is 78.9 Å². The van der Waals surface area contributed by atoms with Gasteiger partial charge in [-0.2, -0.15) is 0 Å². The number of unbranched alkanes of at least 4 members (excludes halogenated alkanes) is 12. The van der Waals surface area contributed by atoms with Crippen LogP contribution < -0.4 is 0 Å². The van der Waals surface area contributed by atoms with Crippen molar-refractivity contribution in [1.82, 2.24) is 0 Å². The van der Waals surface area contributed by atoms with E-state index in [0.29, 0.717) is 19.3 Å². The van der Waals surface area contributed by atoms with Gasteiger partial charge in [0.25, 0.3) is 0 Å². The Morgan fingerprint density at radius 1 is 0.373 bits per heavy atom. The molecule has 0 fully saturated rings. The van der Waals surface area contributed by atoms with Crippen LogP contribution in [0.3, 0.4) is 0 Å². The first kappa shape index (κ1) is 54.8. The van der Waals surface area contributed by atoms with Gasteiger partial charge >= 0.3 is 17.9 Å². The lowest BCUT2D eigenvalue weighted by Gasteiger charge is -2.18. The summed E-state index contributed by atoms with van der Waals surface area (Å²) >= 11 is 0. The fraction of sp³-hybridized carbons (Fsp3) is 0.566. The van der Waals surface area contributed by atoms with Gasteiger partial charge in [-0.1, -0.05) is 181 Å². The van der Waals surface area contributed by atoms with Gasteiger partial charge in [-0.05, 0) is 96.3 Å². The fourth-order valence-corrected chi connectivity index (χ4v) is 5.61. The standard InChI is InChI=1S/C53H82O6/c1-4-7-10-13-16-19-22-24-26-28-29-31-34-37-40-43-46-52(55)58-49-50(48-57-51(54)45-42-39-36-33-21-18-15-12-9-6-3)59-53(56)47-44-41-38-35-32-30-27-25-23-20-17-14-11-8-5-2/h7-8,10-11,14-20,23-27,29-32,50H,4-6,9,12-13,21-22,28,33-49H2,1-3H3/b10-7-,11-8-,17-14-,18-15-,19-16-,23-20-,26-24-,27-25-,31-29-,32-30-. The highest BCUT2D eigenvalue weighted by atomic mass is 16.6. The zero-order valence-corrected chi connectivity index (χ0v) is 37.5. The summed E-state index contributed by atoms with van der Waals surface area (Å²) in [5, 5.41) is 0. The molecule has 0 saturated carbocycles. The number of carbonyl (C=O) groups excluding carboxylic acids is 3. The van der Waals surface area contributed by atoms with Crippen molar-refractivity contribution in [3.63, 3.8) is 0 Å². The molecule has 0 amide bonds. The molecule has 0 aliphatic heterocycles. The van der Waals surface area contributed by atoms with E-state index in [2.05, 4.69) is 93.7 Å². The Morgan fingerprint density at radius 2 is 0.746 bits per heavy atom. The van der Waals surface area contributed by atoms with Gasteiger partial charge in [-0.3, -0.25) is 14.4 Å². The summed E-state index contributed by atoms with van der Waals surface area (Å²) < 4.78 is 16.6. The molecule has 0 aromatic rings. The number of hydrogen-bond acceptors (Lipinski definition) is 6. The van der Waals surface area contributed by atoms with E-state index in [4.69, 9.17) is 14.2 Å². The molecular formula is C53H82O6. The lowest BCUT2D eigenvalue weighted by molar-refractivity contribution is -0.167. The van der Waals surface area contributed by atoms with Crippen molar-refractivity contribution in [3.8, 4) is 0 Å². The molecule has 1 atom stereocenters. The Hall–Kier alpha value is -4.19. The summed E-state index contributed by atoms with van der Waals surface area (Å²) in [5.41, 5.74) is 0. The zero-order valence-electron chi connectivity index (χ0n) is 37.5. The van der Waals surface area contributed by atoms with Gasteiger partial charge in [0.1, 0.15) is 13.2 Å². The molecule has 0 aromatic carbocycles. The molecule has 0 N–H and O–H groups in total. The van der Waals surface area contributed by atoms with Crippen LogP contribution in [0.2, 0.25) is 0 Å². The second-order valence-electron chi connectivity index (χ2n) is 14.7. The normalized spacial score (nSPS) is 13.2. The van der Waals surface area contributed by atoms with Gasteiger partial charge in [0.2, 0.25) is 0 Å². The van der Waals surface area contributed by atoms with E-state index in [1.54, 1.807) is 0 Å². The van der Waals surface area contributed by atoms with Crippen molar-refractivity contribution in [2.45, 2.75) is 181 Å². The molecule has 0 radical (unpaired) electrons. The minimum Gasteiger partial charge on any atom is -0.462 e. The summed E-state index contributed by atoms with van der Waals surface area (Å²) in [5.74, 6) is -1.02. The van der Waals surface area contributed by atoms with E-state index in [1.807, 2.05) is 48.6 Å². The molecule has 0 aliphatic carbocycles. The van der Waals surface area contributed by atoms with Crippen LogP contribution in [-0.4, -0.2) is 37.2 Å². The highest BCUT2D eigenvalue weighted by Gasteiger charge is 2.19. The fourth-order valence-electron chi connectivity index (χ4n) is 5.61. The lowest BCUT2D eigenvalue weighted by Crippen LogP contribution is -2.30. The molecule has 1 unspecified atom stereocenters. The molecule has 0 bridgehead atoms. The van der Waals surface area contributed by atoms with Crippen LogP contribution in [-0.2, 0) is 28.6 Å². The van der Waals surface area contributed by atoms with Crippen LogP contribution in [0.15, 0.2) is 122 Å². The third kappa shape index (κ3) is 44.8. The van der Waals surface area contributed by atoms with Crippen molar-refractivity contribution >= 4 is 17.9 Å². The van der Waals surface area contributed by atoms with Gasteiger partial charge in [0, 0.05) is 19.3 Å². The Bertz CT molecular complexity index is 1300. The maximum atomic E-state index is 12.7. The smallest absolute Gasteiger partial charge is 0.306 e.